The topological polar surface area (TPSA) is 64.3 Å². The Morgan fingerprint density at radius 1 is 1.35 bits per heavy atom. The molecule has 0 aliphatic carbocycles. The molecular formula is C13H20N2O2. The standard InChI is InChI=1S/C13H20N2O2/c1-10(2)17-13(16)11-4-6-12(7-5-11)15-9-3-8-14/h4-7,10,15H,3,8-9,14H2,1-2H3. The molecule has 0 saturated carbocycles. The van der Waals surface area contributed by atoms with Gasteiger partial charge < -0.3 is 15.8 Å². The van der Waals surface area contributed by atoms with Crippen molar-refractivity contribution in [2.75, 3.05) is 18.4 Å². The predicted molar refractivity (Wildman–Crippen MR) is 69.2 cm³/mol. The smallest absolute Gasteiger partial charge is 0.338 e. The molecule has 0 aliphatic rings. The van der Waals surface area contributed by atoms with Gasteiger partial charge in [0.15, 0.2) is 0 Å². The van der Waals surface area contributed by atoms with Crippen LogP contribution in [0.1, 0.15) is 30.6 Å². The molecule has 0 bridgehead atoms. The van der Waals surface area contributed by atoms with E-state index in [1.807, 2.05) is 26.0 Å². The molecule has 4 nitrogen and oxygen atoms in total. The van der Waals surface area contributed by atoms with Gasteiger partial charge >= 0.3 is 5.97 Å². The highest BCUT2D eigenvalue weighted by Gasteiger charge is 2.08. The molecule has 0 spiro atoms. The van der Waals surface area contributed by atoms with Crippen molar-refractivity contribution in [1.82, 2.24) is 0 Å². The molecule has 0 fully saturated rings. The van der Waals surface area contributed by atoms with Crippen LogP contribution in [-0.4, -0.2) is 25.2 Å². The van der Waals surface area contributed by atoms with E-state index in [2.05, 4.69) is 5.32 Å². The van der Waals surface area contributed by atoms with Crippen LogP contribution in [0, 0.1) is 0 Å². The first kappa shape index (κ1) is 13.5. The molecule has 1 aromatic carbocycles. The maximum absolute atomic E-state index is 11.6. The number of hydrogen-bond donors (Lipinski definition) is 2. The van der Waals surface area contributed by atoms with E-state index in [-0.39, 0.29) is 12.1 Å². The van der Waals surface area contributed by atoms with Crippen molar-refractivity contribution in [1.29, 1.82) is 0 Å². The molecule has 0 unspecified atom stereocenters. The van der Waals surface area contributed by atoms with Crippen LogP contribution in [0.3, 0.4) is 0 Å². The van der Waals surface area contributed by atoms with Gasteiger partial charge in [-0.05, 0) is 51.1 Å². The van der Waals surface area contributed by atoms with Gasteiger partial charge in [-0.15, -0.1) is 0 Å². The number of esters is 1. The summed E-state index contributed by atoms with van der Waals surface area (Å²) in [7, 11) is 0. The lowest BCUT2D eigenvalue weighted by atomic mass is 10.2. The van der Waals surface area contributed by atoms with Gasteiger partial charge in [0.1, 0.15) is 0 Å². The molecule has 1 aromatic rings. The fourth-order valence-electron chi connectivity index (χ4n) is 1.34. The predicted octanol–water partition coefficient (Wildman–Crippen LogP) is 2.01. The molecule has 0 amide bonds. The maximum Gasteiger partial charge on any atom is 0.338 e. The van der Waals surface area contributed by atoms with Gasteiger partial charge in [-0.3, -0.25) is 0 Å². The van der Waals surface area contributed by atoms with Gasteiger partial charge in [0.05, 0.1) is 11.7 Å². The average Bonchev–Trinajstić information content (AvgIpc) is 2.29. The lowest BCUT2D eigenvalue weighted by Gasteiger charge is -2.09. The first-order valence-electron chi connectivity index (χ1n) is 5.88. The van der Waals surface area contributed by atoms with Crippen LogP contribution in [0.4, 0.5) is 5.69 Å². The van der Waals surface area contributed by atoms with Crippen LogP contribution in [0.25, 0.3) is 0 Å². The Hall–Kier alpha value is -1.55. The third-order valence-electron chi connectivity index (χ3n) is 2.17. The summed E-state index contributed by atoms with van der Waals surface area (Å²) in [5.41, 5.74) is 6.96. The molecule has 4 heteroatoms. The van der Waals surface area contributed by atoms with Gasteiger partial charge in [-0.25, -0.2) is 4.79 Å². The van der Waals surface area contributed by atoms with E-state index < -0.39 is 0 Å². The minimum absolute atomic E-state index is 0.0927. The monoisotopic (exact) mass is 236 g/mol. The van der Waals surface area contributed by atoms with Gasteiger partial charge in [0.25, 0.3) is 0 Å². The Labute approximate surface area is 102 Å². The Balaban J connectivity index is 2.52. The zero-order valence-corrected chi connectivity index (χ0v) is 10.4. The third kappa shape index (κ3) is 4.87. The van der Waals surface area contributed by atoms with Crippen LogP contribution < -0.4 is 11.1 Å². The number of hydrogen-bond acceptors (Lipinski definition) is 4. The van der Waals surface area contributed by atoms with E-state index >= 15 is 0 Å². The van der Waals surface area contributed by atoms with Crippen molar-refractivity contribution in [3.8, 4) is 0 Å². The van der Waals surface area contributed by atoms with Crippen LogP contribution in [0.15, 0.2) is 24.3 Å². The number of carbonyl (C=O) groups excluding carboxylic acids is 1. The first-order chi connectivity index (χ1) is 8.13. The van der Waals surface area contributed by atoms with E-state index in [9.17, 15) is 4.79 Å². The van der Waals surface area contributed by atoms with Gasteiger partial charge in [-0.1, -0.05) is 0 Å². The lowest BCUT2D eigenvalue weighted by Crippen LogP contribution is -2.12. The average molecular weight is 236 g/mol. The number of rotatable bonds is 6. The van der Waals surface area contributed by atoms with Crippen LogP contribution in [0.2, 0.25) is 0 Å². The van der Waals surface area contributed by atoms with E-state index in [1.54, 1.807) is 12.1 Å². The summed E-state index contributed by atoms with van der Waals surface area (Å²) >= 11 is 0. The molecule has 1 rings (SSSR count). The van der Waals surface area contributed by atoms with Crippen molar-refractivity contribution in [3.63, 3.8) is 0 Å². The van der Waals surface area contributed by atoms with Gasteiger partial charge in [0, 0.05) is 12.2 Å². The highest BCUT2D eigenvalue weighted by atomic mass is 16.5. The molecule has 94 valence electrons. The number of nitrogens with two attached hydrogens (primary N) is 1. The van der Waals surface area contributed by atoms with Gasteiger partial charge in [0.2, 0.25) is 0 Å². The number of carbonyl (C=O) groups is 1. The zero-order valence-electron chi connectivity index (χ0n) is 10.4. The summed E-state index contributed by atoms with van der Waals surface area (Å²) in [5.74, 6) is -0.284. The fourth-order valence-corrected chi connectivity index (χ4v) is 1.34. The number of anilines is 1. The second-order valence-corrected chi connectivity index (χ2v) is 4.10. The molecule has 0 heterocycles. The second kappa shape index (κ2) is 6.91. The normalized spacial score (nSPS) is 10.4. The van der Waals surface area contributed by atoms with E-state index in [4.69, 9.17) is 10.5 Å². The molecule has 0 radical (unpaired) electrons. The van der Waals surface area contributed by atoms with Crippen molar-refractivity contribution in [3.05, 3.63) is 29.8 Å². The largest absolute Gasteiger partial charge is 0.459 e. The lowest BCUT2D eigenvalue weighted by molar-refractivity contribution is 0.0378. The molecule has 3 N–H and O–H groups in total. The molecule has 0 saturated heterocycles. The van der Waals surface area contributed by atoms with Crippen molar-refractivity contribution in [2.24, 2.45) is 5.73 Å². The summed E-state index contributed by atoms with van der Waals surface area (Å²) in [6.45, 7) is 5.18. The van der Waals surface area contributed by atoms with E-state index in [0.717, 1.165) is 18.7 Å². The Morgan fingerprint density at radius 3 is 2.53 bits per heavy atom. The number of ether oxygens (including phenoxy) is 1. The Bertz CT molecular complexity index is 347. The summed E-state index contributed by atoms with van der Waals surface area (Å²) in [6, 6.07) is 7.26. The summed E-state index contributed by atoms with van der Waals surface area (Å²) < 4.78 is 5.10. The van der Waals surface area contributed by atoms with Crippen LogP contribution >= 0.6 is 0 Å². The highest BCUT2D eigenvalue weighted by molar-refractivity contribution is 5.89. The minimum atomic E-state index is -0.284. The third-order valence-corrected chi connectivity index (χ3v) is 2.17. The van der Waals surface area contributed by atoms with Crippen molar-refractivity contribution < 1.29 is 9.53 Å². The van der Waals surface area contributed by atoms with Crippen LogP contribution in [-0.2, 0) is 4.74 Å². The molecule has 17 heavy (non-hydrogen) atoms. The summed E-state index contributed by atoms with van der Waals surface area (Å²) in [4.78, 5) is 11.6. The summed E-state index contributed by atoms with van der Waals surface area (Å²) in [6.07, 6.45) is 0.835. The Morgan fingerprint density at radius 2 is 2.00 bits per heavy atom. The number of nitrogens with one attached hydrogen (secondary N) is 1. The zero-order chi connectivity index (χ0) is 12.7. The molecule has 0 aromatic heterocycles. The van der Waals surface area contributed by atoms with Crippen molar-refractivity contribution in [2.45, 2.75) is 26.4 Å². The van der Waals surface area contributed by atoms with Gasteiger partial charge in [-0.2, -0.15) is 0 Å². The highest BCUT2D eigenvalue weighted by Crippen LogP contribution is 2.11. The SMILES string of the molecule is CC(C)OC(=O)c1ccc(NCCCN)cc1. The first-order valence-corrected chi connectivity index (χ1v) is 5.88. The van der Waals surface area contributed by atoms with Crippen LogP contribution in [0.5, 0.6) is 0 Å². The minimum Gasteiger partial charge on any atom is -0.459 e. The summed E-state index contributed by atoms with van der Waals surface area (Å²) in [5, 5.41) is 3.22. The quantitative estimate of drug-likeness (QED) is 0.586. The fraction of sp³-hybridized carbons (Fsp3) is 0.462. The van der Waals surface area contributed by atoms with E-state index in [1.165, 1.54) is 0 Å². The molecule has 0 atom stereocenters. The van der Waals surface area contributed by atoms with Crippen molar-refractivity contribution >= 4 is 11.7 Å². The molecular weight excluding hydrogens is 216 g/mol. The molecule has 0 aliphatic heterocycles. The second-order valence-electron chi connectivity index (χ2n) is 4.10. The maximum atomic E-state index is 11.6. The Kier molecular flexibility index (Phi) is 5.49. The van der Waals surface area contributed by atoms with E-state index in [0.29, 0.717) is 12.1 Å². The number of benzene rings is 1.